The van der Waals surface area contributed by atoms with Gasteiger partial charge >= 0.3 is 5.97 Å². The Bertz CT molecular complexity index is 570. The first kappa shape index (κ1) is 11.7. The molecule has 88 valence electrons. The van der Waals surface area contributed by atoms with Crippen molar-refractivity contribution in [1.29, 1.82) is 0 Å². The minimum atomic E-state index is -0.987. The average molecular weight is 300 g/mol. The fraction of sp³-hybridized carbons (Fsp3) is 0.100. The third kappa shape index (κ3) is 2.68. The Morgan fingerprint density at radius 1 is 1.53 bits per heavy atom. The first-order valence-electron chi connectivity index (χ1n) is 4.64. The first-order valence-corrected chi connectivity index (χ1v) is 5.44. The van der Waals surface area contributed by atoms with E-state index in [0.717, 1.165) is 0 Å². The van der Waals surface area contributed by atoms with Crippen molar-refractivity contribution in [3.63, 3.8) is 0 Å². The van der Waals surface area contributed by atoms with E-state index in [-0.39, 0.29) is 6.42 Å². The molecule has 0 aliphatic rings. The highest BCUT2D eigenvalue weighted by Gasteiger charge is 2.08. The predicted molar refractivity (Wildman–Crippen MR) is 60.4 cm³/mol. The monoisotopic (exact) mass is 299 g/mol. The van der Waals surface area contributed by atoms with Gasteiger partial charge in [0.2, 0.25) is 0 Å². The molecule has 5 nitrogen and oxygen atoms in total. The lowest BCUT2D eigenvalue weighted by molar-refractivity contribution is -0.136. The van der Waals surface area contributed by atoms with Gasteiger partial charge in [-0.05, 0) is 28.1 Å². The summed E-state index contributed by atoms with van der Waals surface area (Å²) in [6.45, 7) is 0. The van der Waals surface area contributed by atoms with Crippen molar-refractivity contribution in [1.82, 2.24) is 15.0 Å². The molecule has 1 N–H and O–H groups in total. The number of halogens is 2. The molecule has 0 radical (unpaired) electrons. The minimum Gasteiger partial charge on any atom is -0.481 e. The van der Waals surface area contributed by atoms with Crippen LogP contribution < -0.4 is 0 Å². The van der Waals surface area contributed by atoms with Gasteiger partial charge < -0.3 is 5.11 Å². The molecule has 0 unspecified atom stereocenters. The zero-order chi connectivity index (χ0) is 12.4. The number of hydrogen-bond donors (Lipinski definition) is 1. The van der Waals surface area contributed by atoms with Crippen molar-refractivity contribution >= 4 is 21.9 Å². The molecule has 17 heavy (non-hydrogen) atoms. The molecule has 0 aliphatic heterocycles. The van der Waals surface area contributed by atoms with Gasteiger partial charge in [-0.2, -0.15) is 0 Å². The molecule has 0 spiro atoms. The van der Waals surface area contributed by atoms with E-state index >= 15 is 0 Å². The van der Waals surface area contributed by atoms with Gasteiger partial charge in [0.25, 0.3) is 0 Å². The number of aliphatic carboxylic acids is 1. The minimum absolute atomic E-state index is 0.209. The summed E-state index contributed by atoms with van der Waals surface area (Å²) < 4.78 is 15.0. The van der Waals surface area contributed by atoms with E-state index in [2.05, 4.69) is 26.2 Å². The van der Waals surface area contributed by atoms with E-state index in [4.69, 9.17) is 5.11 Å². The second-order valence-electron chi connectivity index (χ2n) is 3.32. The summed E-state index contributed by atoms with van der Waals surface area (Å²) in [6.07, 6.45) is 1.25. The van der Waals surface area contributed by atoms with E-state index in [1.165, 1.54) is 16.9 Å². The third-order valence-electron chi connectivity index (χ3n) is 2.04. The zero-order valence-corrected chi connectivity index (χ0v) is 10.1. The van der Waals surface area contributed by atoms with Crippen molar-refractivity contribution < 1.29 is 14.3 Å². The van der Waals surface area contributed by atoms with Crippen LogP contribution in [0.2, 0.25) is 0 Å². The van der Waals surface area contributed by atoms with Crippen LogP contribution in [0.1, 0.15) is 5.69 Å². The van der Waals surface area contributed by atoms with Crippen molar-refractivity contribution in [3.05, 3.63) is 40.4 Å². The van der Waals surface area contributed by atoms with Gasteiger partial charge in [-0.15, -0.1) is 5.10 Å². The smallest absolute Gasteiger partial charge is 0.309 e. The highest BCUT2D eigenvalue weighted by Crippen LogP contribution is 2.18. The number of carbonyl (C=O) groups is 1. The molecule has 0 saturated carbocycles. The number of rotatable bonds is 3. The molecular weight excluding hydrogens is 293 g/mol. The first-order chi connectivity index (χ1) is 8.06. The quantitative estimate of drug-likeness (QED) is 0.938. The number of benzene rings is 1. The van der Waals surface area contributed by atoms with Crippen LogP contribution in [0.3, 0.4) is 0 Å². The molecule has 1 aromatic heterocycles. The van der Waals surface area contributed by atoms with Crippen molar-refractivity contribution in [2.45, 2.75) is 6.42 Å². The van der Waals surface area contributed by atoms with Crippen LogP contribution in [0.5, 0.6) is 0 Å². The zero-order valence-electron chi connectivity index (χ0n) is 8.47. The Hall–Kier alpha value is -1.76. The van der Waals surface area contributed by atoms with Crippen LogP contribution in [0.4, 0.5) is 4.39 Å². The van der Waals surface area contributed by atoms with E-state index in [9.17, 15) is 9.18 Å². The summed E-state index contributed by atoms with van der Waals surface area (Å²) >= 11 is 3.04. The van der Waals surface area contributed by atoms with E-state index in [0.29, 0.717) is 15.9 Å². The largest absolute Gasteiger partial charge is 0.481 e. The van der Waals surface area contributed by atoms with Crippen LogP contribution in [-0.2, 0) is 11.2 Å². The number of carboxylic acids is 1. The second-order valence-corrected chi connectivity index (χ2v) is 4.18. The molecule has 0 bridgehead atoms. The molecule has 0 atom stereocenters. The van der Waals surface area contributed by atoms with Gasteiger partial charge in [0.15, 0.2) is 0 Å². The van der Waals surface area contributed by atoms with E-state index < -0.39 is 11.8 Å². The van der Waals surface area contributed by atoms with Crippen LogP contribution in [-0.4, -0.2) is 26.1 Å². The Morgan fingerprint density at radius 3 is 2.94 bits per heavy atom. The Morgan fingerprint density at radius 2 is 2.29 bits per heavy atom. The molecule has 0 fully saturated rings. The highest BCUT2D eigenvalue weighted by molar-refractivity contribution is 9.10. The molecule has 1 heterocycles. The third-order valence-corrected chi connectivity index (χ3v) is 2.68. The summed E-state index contributed by atoms with van der Waals surface area (Å²) in [6, 6.07) is 4.47. The fourth-order valence-electron chi connectivity index (χ4n) is 1.29. The molecule has 2 rings (SSSR count). The maximum Gasteiger partial charge on any atom is 0.309 e. The lowest BCUT2D eigenvalue weighted by Crippen LogP contribution is -2.00. The molecule has 1 aromatic carbocycles. The van der Waals surface area contributed by atoms with Gasteiger partial charge in [0, 0.05) is 6.07 Å². The van der Waals surface area contributed by atoms with Gasteiger partial charge in [0.1, 0.15) is 5.82 Å². The maximum atomic E-state index is 13.3. The van der Waals surface area contributed by atoms with Crippen molar-refractivity contribution in [2.24, 2.45) is 0 Å². The molecule has 7 heteroatoms. The second kappa shape index (κ2) is 4.62. The van der Waals surface area contributed by atoms with Crippen molar-refractivity contribution in [3.8, 4) is 5.69 Å². The van der Waals surface area contributed by atoms with Gasteiger partial charge in [-0.3, -0.25) is 4.79 Å². The van der Waals surface area contributed by atoms with Gasteiger partial charge in [-0.25, -0.2) is 9.07 Å². The molecule has 2 aromatic rings. The van der Waals surface area contributed by atoms with Gasteiger partial charge in [0.05, 0.1) is 28.5 Å². The Balaban J connectivity index is 2.30. The summed E-state index contributed by atoms with van der Waals surface area (Å²) in [4.78, 5) is 10.5. The number of nitrogens with zero attached hydrogens (tertiary/aromatic N) is 3. The van der Waals surface area contributed by atoms with Crippen molar-refractivity contribution in [2.75, 3.05) is 0 Å². The summed E-state index contributed by atoms with van der Waals surface area (Å²) in [5.41, 5.74) is 0.802. The van der Waals surface area contributed by atoms with E-state index in [1.807, 2.05) is 0 Å². The standard InChI is InChI=1S/C10H7BrFN3O2/c11-8-2-1-7(4-9(8)12)15-5-6(13-14-15)3-10(16)17/h1-2,4-5H,3H2,(H,16,17). The van der Waals surface area contributed by atoms with Crippen LogP contribution in [0.25, 0.3) is 5.69 Å². The topological polar surface area (TPSA) is 68.0 Å². The molecular formula is C10H7BrFN3O2. The summed E-state index contributed by atoms with van der Waals surface area (Å²) in [5.74, 6) is -1.41. The highest BCUT2D eigenvalue weighted by atomic mass is 79.9. The molecule has 0 amide bonds. The number of carboxylic acid groups (broad SMARTS) is 1. The summed E-state index contributed by atoms with van der Waals surface area (Å²) in [7, 11) is 0. The number of aromatic nitrogens is 3. The summed E-state index contributed by atoms with van der Waals surface area (Å²) in [5, 5.41) is 16.0. The lowest BCUT2D eigenvalue weighted by atomic mass is 10.3. The molecule has 0 aliphatic carbocycles. The lowest BCUT2D eigenvalue weighted by Gasteiger charge is -2.00. The SMILES string of the molecule is O=C(O)Cc1cn(-c2ccc(Br)c(F)c2)nn1. The van der Waals surface area contributed by atoms with Crippen LogP contribution >= 0.6 is 15.9 Å². The normalized spacial score (nSPS) is 10.5. The fourth-order valence-corrected chi connectivity index (χ4v) is 1.53. The Kier molecular flexibility index (Phi) is 3.19. The van der Waals surface area contributed by atoms with Gasteiger partial charge in [-0.1, -0.05) is 5.21 Å². The van der Waals surface area contributed by atoms with E-state index in [1.54, 1.807) is 12.1 Å². The average Bonchev–Trinajstić information content (AvgIpc) is 2.69. The molecule has 0 saturated heterocycles. The Labute approximate surface area is 104 Å². The number of hydrogen-bond acceptors (Lipinski definition) is 3. The van der Waals surface area contributed by atoms with Crippen LogP contribution in [0.15, 0.2) is 28.9 Å². The maximum absolute atomic E-state index is 13.3. The van der Waals surface area contributed by atoms with Crippen LogP contribution in [0, 0.1) is 5.82 Å². The predicted octanol–water partition coefficient (Wildman–Crippen LogP) is 1.80.